The molecule has 0 unspecified atom stereocenters. The quantitative estimate of drug-likeness (QED) is 0.484. The molecule has 0 saturated heterocycles. The van der Waals surface area contributed by atoms with Crippen LogP contribution in [0.15, 0.2) is 40.2 Å². The van der Waals surface area contributed by atoms with E-state index >= 15 is 0 Å². The summed E-state index contributed by atoms with van der Waals surface area (Å²) in [6.07, 6.45) is 0.419. The Morgan fingerprint density at radius 1 is 1.28 bits per heavy atom. The van der Waals surface area contributed by atoms with Crippen molar-refractivity contribution in [2.24, 2.45) is 0 Å². The Bertz CT molecular complexity index is 1200. The summed E-state index contributed by atoms with van der Waals surface area (Å²) in [5, 5.41) is 14.7. The van der Waals surface area contributed by atoms with Crippen molar-refractivity contribution in [1.82, 2.24) is 25.1 Å². The van der Waals surface area contributed by atoms with Crippen molar-refractivity contribution in [3.8, 4) is 11.4 Å². The number of amides is 2. The first-order chi connectivity index (χ1) is 14.0. The summed E-state index contributed by atoms with van der Waals surface area (Å²) in [6, 6.07) is 7.79. The van der Waals surface area contributed by atoms with E-state index < -0.39 is 17.6 Å². The van der Waals surface area contributed by atoms with Crippen LogP contribution in [0.5, 0.6) is 0 Å². The van der Waals surface area contributed by atoms with E-state index in [1.54, 1.807) is 29.6 Å². The average molecular weight is 414 g/mol. The van der Waals surface area contributed by atoms with Gasteiger partial charge in [0.25, 0.3) is 0 Å². The molecule has 1 aromatic carbocycles. The molecule has 0 aliphatic carbocycles. The van der Waals surface area contributed by atoms with Gasteiger partial charge < -0.3 is 9.84 Å². The lowest BCUT2D eigenvalue weighted by Crippen LogP contribution is -2.36. The first-order valence-corrected chi connectivity index (χ1v) is 9.50. The maximum absolute atomic E-state index is 14.0. The lowest BCUT2D eigenvalue weighted by atomic mass is 10.2. The van der Waals surface area contributed by atoms with Crippen molar-refractivity contribution in [3.63, 3.8) is 0 Å². The van der Waals surface area contributed by atoms with Crippen molar-refractivity contribution < 1.29 is 18.5 Å². The predicted molar refractivity (Wildman–Crippen MR) is 103 cm³/mol. The largest absolute Gasteiger partial charge is 0.360 e. The summed E-state index contributed by atoms with van der Waals surface area (Å²) < 4.78 is 20.4. The SMILES string of the molecule is Cc1cc(NC(=O)C(=O)NCCc2csc3nc(-c4ccccc4F)nn23)no1. The average Bonchev–Trinajstić information content (AvgIpc) is 3.39. The van der Waals surface area contributed by atoms with Gasteiger partial charge in [-0.3, -0.25) is 14.9 Å². The maximum atomic E-state index is 14.0. The monoisotopic (exact) mass is 414 g/mol. The number of benzene rings is 1. The summed E-state index contributed by atoms with van der Waals surface area (Å²) >= 11 is 1.36. The second kappa shape index (κ2) is 7.80. The molecule has 0 aliphatic heterocycles. The number of hydrogen-bond acceptors (Lipinski definition) is 7. The number of aromatic nitrogens is 4. The molecule has 0 fully saturated rings. The second-order valence-corrected chi connectivity index (χ2v) is 6.96. The number of carbonyl (C=O) groups is 2. The second-order valence-electron chi connectivity index (χ2n) is 6.12. The Morgan fingerprint density at radius 3 is 2.86 bits per heavy atom. The molecule has 0 radical (unpaired) electrons. The van der Waals surface area contributed by atoms with Crippen LogP contribution in [0.25, 0.3) is 16.3 Å². The predicted octanol–water partition coefficient (Wildman–Crippen LogP) is 2.19. The zero-order valence-electron chi connectivity index (χ0n) is 15.2. The van der Waals surface area contributed by atoms with E-state index in [1.807, 2.05) is 5.38 Å². The molecule has 0 bridgehead atoms. The molecule has 2 amide bonds. The maximum Gasteiger partial charge on any atom is 0.314 e. The van der Waals surface area contributed by atoms with Crippen molar-refractivity contribution in [1.29, 1.82) is 0 Å². The molecule has 148 valence electrons. The fourth-order valence-electron chi connectivity index (χ4n) is 2.64. The van der Waals surface area contributed by atoms with Crippen LogP contribution in [0.2, 0.25) is 0 Å². The van der Waals surface area contributed by atoms with E-state index in [2.05, 4.69) is 25.9 Å². The molecule has 3 heterocycles. The molecule has 9 nitrogen and oxygen atoms in total. The minimum atomic E-state index is -0.837. The fraction of sp³-hybridized carbons (Fsp3) is 0.167. The van der Waals surface area contributed by atoms with E-state index in [-0.39, 0.29) is 12.4 Å². The normalized spacial score (nSPS) is 11.0. The highest BCUT2D eigenvalue weighted by Gasteiger charge is 2.17. The highest BCUT2D eigenvalue weighted by Crippen LogP contribution is 2.23. The highest BCUT2D eigenvalue weighted by molar-refractivity contribution is 7.15. The Morgan fingerprint density at radius 2 is 2.10 bits per heavy atom. The molecule has 2 N–H and O–H groups in total. The number of fused-ring (bicyclic) bond motifs is 1. The lowest BCUT2D eigenvalue weighted by Gasteiger charge is -2.04. The summed E-state index contributed by atoms with van der Waals surface area (Å²) in [6.45, 7) is 1.89. The lowest BCUT2D eigenvalue weighted by molar-refractivity contribution is -0.136. The van der Waals surface area contributed by atoms with Crippen molar-refractivity contribution >= 4 is 33.9 Å². The number of carbonyl (C=O) groups excluding carboxylic acids is 2. The van der Waals surface area contributed by atoms with Crippen molar-refractivity contribution in [3.05, 3.63) is 53.0 Å². The number of hydrogen-bond donors (Lipinski definition) is 2. The molecule has 0 spiro atoms. The van der Waals surface area contributed by atoms with Crippen LogP contribution in [0.3, 0.4) is 0 Å². The van der Waals surface area contributed by atoms with Gasteiger partial charge in [-0.15, -0.1) is 16.4 Å². The van der Waals surface area contributed by atoms with Gasteiger partial charge in [-0.05, 0) is 19.1 Å². The van der Waals surface area contributed by atoms with E-state index in [1.165, 1.54) is 23.5 Å². The number of thiazole rings is 1. The molecule has 11 heteroatoms. The number of aryl methyl sites for hydroxylation is 1. The zero-order valence-corrected chi connectivity index (χ0v) is 16.0. The smallest absolute Gasteiger partial charge is 0.314 e. The van der Waals surface area contributed by atoms with Gasteiger partial charge in [0.1, 0.15) is 11.6 Å². The zero-order chi connectivity index (χ0) is 20.4. The van der Waals surface area contributed by atoms with Crippen LogP contribution < -0.4 is 10.6 Å². The number of rotatable bonds is 5. The molecule has 0 atom stereocenters. The van der Waals surface area contributed by atoms with Gasteiger partial charge in [0.2, 0.25) is 4.96 Å². The Kier molecular flexibility index (Phi) is 5.04. The minimum absolute atomic E-state index is 0.172. The van der Waals surface area contributed by atoms with Crippen LogP contribution in [-0.4, -0.2) is 38.1 Å². The Hall–Kier alpha value is -3.60. The molecular formula is C18H15FN6O3S. The molecular weight excluding hydrogens is 399 g/mol. The number of nitrogens with one attached hydrogen (secondary N) is 2. The Balaban J connectivity index is 1.38. The highest BCUT2D eigenvalue weighted by atomic mass is 32.1. The first kappa shape index (κ1) is 18.7. The van der Waals surface area contributed by atoms with E-state index in [0.29, 0.717) is 28.5 Å². The summed E-state index contributed by atoms with van der Waals surface area (Å²) in [4.78, 5) is 28.7. The standard InChI is InChI=1S/C18H15FN6O3S/c1-10-8-14(24-28-10)21-17(27)16(26)20-7-6-11-9-29-18-22-15(23-25(11)18)12-4-2-3-5-13(12)19/h2-5,8-9H,6-7H2,1H3,(H,20,26)(H,21,24,27). The van der Waals surface area contributed by atoms with Crippen molar-refractivity contribution in [2.45, 2.75) is 13.3 Å². The summed E-state index contributed by atoms with van der Waals surface area (Å²) in [5.41, 5.74) is 1.11. The Labute approximate surface area is 167 Å². The molecule has 0 aliphatic rings. The molecule has 4 rings (SSSR count). The fourth-order valence-corrected chi connectivity index (χ4v) is 3.49. The van der Waals surface area contributed by atoms with Gasteiger partial charge in [-0.1, -0.05) is 17.3 Å². The van der Waals surface area contributed by atoms with Crippen LogP contribution in [0, 0.1) is 12.7 Å². The number of nitrogens with zero attached hydrogens (tertiary/aromatic N) is 4. The van der Waals surface area contributed by atoms with Gasteiger partial charge in [-0.2, -0.15) is 4.98 Å². The van der Waals surface area contributed by atoms with Crippen molar-refractivity contribution in [2.75, 3.05) is 11.9 Å². The van der Waals surface area contributed by atoms with E-state index in [0.717, 1.165) is 5.69 Å². The molecule has 4 aromatic rings. The van der Waals surface area contributed by atoms with E-state index in [4.69, 9.17) is 4.52 Å². The minimum Gasteiger partial charge on any atom is -0.360 e. The molecule has 3 aromatic heterocycles. The van der Waals surface area contributed by atoms with Gasteiger partial charge in [0.15, 0.2) is 11.6 Å². The topological polar surface area (TPSA) is 114 Å². The van der Waals surface area contributed by atoms with Crippen LogP contribution in [0.4, 0.5) is 10.2 Å². The number of anilines is 1. The first-order valence-electron chi connectivity index (χ1n) is 8.62. The van der Waals surface area contributed by atoms with Crippen LogP contribution >= 0.6 is 11.3 Å². The third kappa shape index (κ3) is 3.99. The van der Waals surface area contributed by atoms with Gasteiger partial charge in [0, 0.05) is 24.4 Å². The molecule has 0 saturated carbocycles. The third-order valence-electron chi connectivity index (χ3n) is 4.01. The number of halogens is 1. The summed E-state index contributed by atoms with van der Waals surface area (Å²) in [5.74, 6) is -1.04. The van der Waals surface area contributed by atoms with Gasteiger partial charge >= 0.3 is 11.8 Å². The van der Waals surface area contributed by atoms with Crippen LogP contribution in [-0.2, 0) is 16.0 Å². The van der Waals surface area contributed by atoms with Gasteiger partial charge in [-0.25, -0.2) is 8.91 Å². The van der Waals surface area contributed by atoms with E-state index in [9.17, 15) is 14.0 Å². The summed E-state index contributed by atoms with van der Waals surface area (Å²) in [7, 11) is 0. The molecule has 29 heavy (non-hydrogen) atoms. The van der Waals surface area contributed by atoms with Crippen LogP contribution in [0.1, 0.15) is 11.5 Å². The van der Waals surface area contributed by atoms with Gasteiger partial charge in [0.05, 0.1) is 11.3 Å². The third-order valence-corrected chi connectivity index (χ3v) is 4.87.